The van der Waals surface area contributed by atoms with Crippen molar-refractivity contribution < 1.29 is 28.6 Å². The van der Waals surface area contributed by atoms with Crippen molar-refractivity contribution in [2.45, 2.75) is 124 Å². The summed E-state index contributed by atoms with van der Waals surface area (Å²) in [5.74, 6) is 1.26. The molecule has 1 aromatic rings. The van der Waals surface area contributed by atoms with Gasteiger partial charge in [-0.25, -0.2) is 9.59 Å². The molecule has 1 saturated heterocycles. The number of nitrogens with zero attached hydrogens (tertiary/aromatic N) is 2. The number of fused-ring (bicyclic) bond motifs is 1. The number of carbonyl (C=O) groups is 2. The van der Waals surface area contributed by atoms with Crippen LogP contribution in [0.4, 0.5) is 9.59 Å². The number of likely N-dealkylation sites (tertiary alicyclic amines) is 1. The van der Waals surface area contributed by atoms with E-state index in [0.29, 0.717) is 18.9 Å². The molecule has 0 spiro atoms. The molecule has 3 N–H and O–H groups in total. The molecule has 3 rings (SSSR count). The number of carbonyl (C=O) groups excluding carboxylic acids is 2. The van der Waals surface area contributed by atoms with Crippen LogP contribution in [0.3, 0.4) is 0 Å². The number of nitrogens with one attached hydrogen (secondary N) is 1. The van der Waals surface area contributed by atoms with Crippen LogP contribution in [0.1, 0.15) is 99.1 Å². The highest BCUT2D eigenvalue weighted by molar-refractivity contribution is 5.98. The fraction of sp³-hybridized carbons (Fsp3) is 0.700. The number of hydrogen-bond acceptors (Lipinski definition) is 7. The van der Waals surface area contributed by atoms with Crippen LogP contribution in [0.15, 0.2) is 23.2 Å². The Morgan fingerprint density at radius 2 is 1.73 bits per heavy atom. The molecule has 0 aromatic heterocycles. The number of rotatable bonds is 5. The number of benzene rings is 1. The molecule has 0 bridgehead atoms. The summed E-state index contributed by atoms with van der Waals surface area (Å²) < 4.78 is 16.9. The molecule has 2 aliphatic rings. The predicted molar refractivity (Wildman–Crippen MR) is 157 cm³/mol. The topological polar surface area (TPSA) is 125 Å². The van der Waals surface area contributed by atoms with Gasteiger partial charge in [0.05, 0.1) is 6.04 Å². The highest BCUT2D eigenvalue weighted by atomic mass is 16.7. The normalized spacial score (nSPS) is 20.5. The van der Waals surface area contributed by atoms with Crippen LogP contribution >= 0.6 is 0 Å². The summed E-state index contributed by atoms with van der Waals surface area (Å²) in [4.78, 5) is 36.3. The van der Waals surface area contributed by atoms with Gasteiger partial charge in [-0.05, 0) is 104 Å². The van der Waals surface area contributed by atoms with Crippen molar-refractivity contribution in [3.05, 3.63) is 29.3 Å². The molecule has 40 heavy (non-hydrogen) atoms. The van der Waals surface area contributed by atoms with Gasteiger partial charge < -0.3 is 24.8 Å². The summed E-state index contributed by atoms with van der Waals surface area (Å²) in [7, 11) is 0. The van der Waals surface area contributed by atoms with E-state index in [4.69, 9.17) is 29.8 Å². The smallest absolute Gasteiger partial charge is 0.431 e. The maximum absolute atomic E-state index is 12.4. The highest BCUT2D eigenvalue weighted by Gasteiger charge is 2.28. The lowest BCUT2D eigenvalue weighted by atomic mass is 9.97. The third kappa shape index (κ3) is 10.9. The second-order valence-corrected chi connectivity index (χ2v) is 12.0. The molecule has 2 aliphatic heterocycles. The van der Waals surface area contributed by atoms with E-state index < -0.39 is 17.3 Å². The lowest BCUT2D eigenvalue weighted by Gasteiger charge is -2.30. The second-order valence-electron chi connectivity index (χ2n) is 12.0. The number of amidine groups is 1. The van der Waals surface area contributed by atoms with Crippen LogP contribution in [-0.2, 0) is 20.7 Å². The van der Waals surface area contributed by atoms with Crippen molar-refractivity contribution in [1.29, 1.82) is 0 Å². The Morgan fingerprint density at radius 3 is 2.38 bits per heavy atom. The minimum atomic E-state index is -0.633. The van der Waals surface area contributed by atoms with Crippen molar-refractivity contribution >= 4 is 18.0 Å². The predicted octanol–water partition coefficient (Wildman–Crippen LogP) is 5.75. The molecule has 0 aliphatic carbocycles. The Morgan fingerprint density at radius 1 is 1.05 bits per heavy atom. The molecular weight excluding hydrogens is 512 g/mol. The fourth-order valence-electron chi connectivity index (χ4n) is 4.40. The van der Waals surface area contributed by atoms with Crippen molar-refractivity contribution in [3.63, 3.8) is 0 Å². The highest BCUT2D eigenvalue weighted by Crippen LogP contribution is 2.30. The number of aliphatic imine (C=N–C) groups is 1. The van der Waals surface area contributed by atoms with E-state index in [-0.39, 0.29) is 24.3 Å². The van der Waals surface area contributed by atoms with Gasteiger partial charge in [-0.1, -0.05) is 13.8 Å². The van der Waals surface area contributed by atoms with E-state index in [0.717, 1.165) is 49.0 Å². The van der Waals surface area contributed by atoms with E-state index >= 15 is 0 Å². The number of hydrogen-bond donors (Lipinski definition) is 2. The van der Waals surface area contributed by atoms with Crippen LogP contribution < -0.4 is 16.0 Å². The first kappa shape index (κ1) is 33.2. The zero-order valence-corrected chi connectivity index (χ0v) is 25.8. The molecule has 10 heteroatoms. The number of hydroxylamine groups is 1. The van der Waals surface area contributed by atoms with Crippen molar-refractivity contribution in [3.8, 4) is 5.75 Å². The average Bonchev–Trinajstić information content (AvgIpc) is 3.11. The summed E-state index contributed by atoms with van der Waals surface area (Å²) in [5.41, 5.74) is 9.55. The molecule has 1 fully saturated rings. The van der Waals surface area contributed by atoms with Gasteiger partial charge in [0, 0.05) is 18.7 Å². The molecule has 2 heterocycles. The summed E-state index contributed by atoms with van der Waals surface area (Å²) in [6.07, 6.45) is 2.49. The Balaban J connectivity index is 0.00000274. The van der Waals surface area contributed by atoms with Gasteiger partial charge in [-0.15, -0.1) is 0 Å². The van der Waals surface area contributed by atoms with Gasteiger partial charge in [0.1, 0.15) is 35.0 Å². The maximum Gasteiger partial charge on any atom is 0.431 e. The summed E-state index contributed by atoms with van der Waals surface area (Å²) in [6, 6.07) is 5.90. The molecule has 3 unspecified atom stereocenters. The molecule has 0 saturated carbocycles. The number of aryl methyl sites for hydroxylation is 1. The lowest BCUT2D eigenvalue weighted by molar-refractivity contribution is -0.0775. The van der Waals surface area contributed by atoms with Crippen LogP contribution in [0.5, 0.6) is 5.75 Å². The van der Waals surface area contributed by atoms with Crippen molar-refractivity contribution in [1.82, 2.24) is 10.4 Å². The molecule has 1 aromatic carbocycles. The summed E-state index contributed by atoms with van der Waals surface area (Å²) in [5, 5.41) is 0. The lowest BCUT2D eigenvalue weighted by Crippen LogP contribution is -2.41. The number of nitrogens with two attached hydrogens (primary N) is 1. The molecule has 226 valence electrons. The van der Waals surface area contributed by atoms with Crippen molar-refractivity contribution in [2.75, 3.05) is 13.1 Å². The fourth-order valence-corrected chi connectivity index (χ4v) is 4.40. The zero-order chi connectivity index (χ0) is 30.1. The number of ether oxygens (including phenoxy) is 3. The van der Waals surface area contributed by atoms with E-state index in [1.807, 2.05) is 59.7 Å². The van der Waals surface area contributed by atoms with E-state index in [1.165, 1.54) is 0 Å². The maximum atomic E-state index is 12.4. The minimum Gasteiger partial charge on any atom is -0.487 e. The largest absolute Gasteiger partial charge is 0.487 e. The van der Waals surface area contributed by atoms with Crippen LogP contribution in [0, 0.1) is 0 Å². The van der Waals surface area contributed by atoms with Crippen LogP contribution in [0.2, 0.25) is 0 Å². The Kier molecular flexibility index (Phi) is 12.1. The second kappa shape index (κ2) is 14.6. The van der Waals surface area contributed by atoms with Gasteiger partial charge >= 0.3 is 12.2 Å². The quantitative estimate of drug-likeness (QED) is 0.266. The number of amides is 2. The van der Waals surface area contributed by atoms with Gasteiger partial charge in [-0.3, -0.25) is 9.83 Å². The first-order chi connectivity index (χ1) is 18.7. The molecule has 3 atom stereocenters. The first-order valence-corrected chi connectivity index (χ1v) is 14.5. The average molecular weight is 563 g/mol. The molecular formula is C30H50N4O6. The zero-order valence-electron chi connectivity index (χ0n) is 25.8. The first-order valence-electron chi connectivity index (χ1n) is 14.5. The molecule has 2 amide bonds. The Bertz CT molecular complexity index is 1010. The molecule has 0 radical (unpaired) electrons. The van der Waals surface area contributed by atoms with Crippen molar-refractivity contribution in [2.24, 2.45) is 10.7 Å². The Labute approximate surface area is 239 Å². The van der Waals surface area contributed by atoms with Gasteiger partial charge in [-0.2, -0.15) is 5.48 Å². The summed E-state index contributed by atoms with van der Waals surface area (Å²) in [6.45, 7) is 18.1. The SMILES string of the molecule is CC.CC(ONC(=O)OC(C)(C)C)C1CCc2cc(C(N)=NC3CCCN(C(=O)OC(C)(C)C)CC3)ccc2O1. The van der Waals surface area contributed by atoms with E-state index in [2.05, 4.69) is 5.48 Å². The Hall–Kier alpha value is -3.01. The van der Waals surface area contributed by atoms with E-state index in [9.17, 15) is 9.59 Å². The monoisotopic (exact) mass is 562 g/mol. The standard InChI is InChI=1S/C28H44N4O6.C2H6/c1-18(38-31-25(33)36-27(2,3)4)22-12-10-19-17-20(11-13-23(19)35-22)24(29)30-21-9-8-15-32(16-14-21)26(34)37-28(5,6)7;1-2/h11,13,17-18,21-22H,8-10,12,14-16H2,1-7H3,(H2,29,30)(H,31,33);1-2H3. The molecule has 10 nitrogen and oxygen atoms in total. The van der Waals surface area contributed by atoms with Crippen LogP contribution in [0.25, 0.3) is 0 Å². The van der Waals surface area contributed by atoms with Crippen LogP contribution in [-0.4, -0.2) is 65.5 Å². The van der Waals surface area contributed by atoms with E-state index in [1.54, 1.807) is 25.7 Å². The van der Waals surface area contributed by atoms with Gasteiger partial charge in [0.25, 0.3) is 0 Å². The summed E-state index contributed by atoms with van der Waals surface area (Å²) >= 11 is 0. The minimum absolute atomic E-state index is 0.0505. The third-order valence-electron chi connectivity index (χ3n) is 6.25. The van der Waals surface area contributed by atoms with Gasteiger partial charge in [0.2, 0.25) is 0 Å². The van der Waals surface area contributed by atoms with Gasteiger partial charge in [0.15, 0.2) is 0 Å². The third-order valence-corrected chi connectivity index (χ3v) is 6.25.